The molecular formula is C15H25NO2. The summed E-state index contributed by atoms with van der Waals surface area (Å²) in [5, 5.41) is 0. The van der Waals surface area contributed by atoms with Gasteiger partial charge in [0.2, 0.25) is 0 Å². The Hall–Kier alpha value is -0.900. The van der Waals surface area contributed by atoms with Crippen LogP contribution in [0.15, 0.2) is 37.5 Å². The largest absolute Gasteiger partial charge is 0.353 e. The van der Waals surface area contributed by atoms with Crippen LogP contribution in [0.5, 0.6) is 0 Å². The molecule has 0 amide bonds. The Morgan fingerprint density at radius 2 is 1.89 bits per heavy atom. The molecule has 0 aliphatic carbocycles. The molecule has 1 fully saturated rings. The molecule has 0 bridgehead atoms. The lowest BCUT2D eigenvalue weighted by molar-refractivity contribution is -0.155. The van der Waals surface area contributed by atoms with Crippen molar-refractivity contribution in [1.29, 1.82) is 0 Å². The number of hydrogen-bond acceptors (Lipinski definition) is 3. The van der Waals surface area contributed by atoms with E-state index >= 15 is 0 Å². The van der Waals surface area contributed by atoms with Gasteiger partial charge in [-0.2, -0.15) is 0 Å². The predicted octanol–water partition coefficient (Wildman–Crippen LogP) is 2.76. The monoisotopic (exact) mass is 251 g/mol. The van der Waals surface area contributed by atoms with Crippen molar-refractivity contribution in [3.8, 4) is 0 Å². The highest BCUT2D eigenvalue weighted by Gasteiger charge is 2.12. The average molecular weight is 251 g/mol. The third kappa shape index (κ3) is 6.74. The summed E-state index contributed by atoms with van der Waals surface area (Å²) >= 11 is 0. The van der Waals surface area contributed by atoms with Gasteiger partial charge in [0, 0.05) is 26.2 Å². The molecule has 1 saturated heterocycles. The number of ether oxygens (including phenoxy) is 2. The smallest absolute Gasteiger partial charge is 0.157 e. The van der Waals surface area contributed by atoms with Crippen molar-refractivity contribution in [2.75, 3.05) is 32.8 Å². The van der Waals surface area contributed by atoms with Crippen molar-refractivity contribution in [1.82, 2.24) is 4.90 Å². The second kappa shape index (κ2) is 10.1. The molecule has 1 aliphatic rings. The molecule has 0 aromatic heterocycles. The van der Waals surface area contributed by atoms with Crippen LogP contribution in [-0.2, 0) is 9.47 Å². The quantitative estimate of drug-likeness (QED) is 0.588. The third-order valence-corrected chi connectivity index (χ3v) is 2.82. The summed E-state index contributed by atoms with van der Waals surface area (Å²) in [5.74, 6) is 0. The maximum absolute atomic E-state index is 5.62. The normalized spacial score (nSPS) is 20.4. The summed E-state index contributed by atoms with van der Waals surface area (Å²) < 4.78 is 11.1. The molecule has 0 radical (unpaired) electrons. The first-order valence-corrected chi connectivity index (χ1v) is 6.69. The van der Waals surface area contributed by atoms with Gasteiger partial charge in [-0.05, 0) is 19.3 Å². The fourth-order valence-electron chi connectivity index (χ4n) is 1.89. The Balaban J connectivity index is 2.10. The molecule has 3 nitrogen and oxygen atoms in total. The van der Waals surface area contributed by atoms with Gasteiger partial charge < -0.3 is 9.47 Å². The zero-order chi connectivity index (χ0) is 13.1. The molecule has 0 N–H and O–H groups in total. The molecule has 102 valence electrons. The minimum Gasteiger partial charge on any atom is -0.353 e. The molecule has 0 spiro atoms. The van der Waals surface area contributed by atoms with Crippen molar-refractivity contribution >= 4 is 0 Å². The van der Waals surface area contributed by atoms with E-state index < -0.39 is 0 Å². The van der Waals surface area contributed by atoms with E-state index in [1.165, 1.54) is 6.42 Å². The molecule has 3 heteroatoms. The van der Waals surface area contributed by atoms with Crippen LogP contribution in [0.4, 0.5) is 0 Å². The highest BCUT2D eigenvalue weighted by molar-refractivity contribution is 4.89. The summed E-state index contributed by atoms with van der Waals surface area (Å²) in [5.41, 5.74) is 0. The molecule has 0 aromatic carbocycles. The van der Waals surface area contributed by atoms with Gasteiger partial charge in [0.1, 0.15) is 0 Å². The van der Waals surface area contributed by atoms with E-state index in [0.717, 1.165) is 39.1 Å². The van der Waals surface area contributed by atoms with Crippen molar-refractivity contribution in [2.24, 2.45) is 0 Å². The fraction of sp³-hybridized carbons (Fsp3) is 0.600. The van der Waals surface area contributed by atoms with E-state index in [2.05, 4.69) is 30.2 Å². The second-order valence-electron chi connectivity index (χ2n) is 4.40. The van der Waals surface area contributed by atoms with Gasteiger partial charge in [0.25, 0.3) is 0 Å². The second-order valence-corrected chi connectivity index (χ2v) is 4.40. The van der Waals surface area contributed by atoms with Gasteiger partial charge in [-0.25, -0.2) is 0 Å². The van der Waals surface area contributed by atoms with Gasteiger partial charge in [-0.3, -0.25) is 4.90 Å². The molecule has 1 atom stereocenters. The van der Waals surface area contributed by atoms with Gasteiger partial charge in [-0.1, -0.05) is 24.3 Å². The molecule has 0 aromatic rings. The predicted molar refractivity (Wildman–Crippen MR) is 75.5 cm³/mol. The number of rotatable bonds is 9. The van der Waals surface area contributed by atoms with E-state index in [9.17, 15) is 0 Å². The maximum atomic E-state index is 5.62. The Morgan fingerprint density at radius 3 is 2.50 bits per heavy atom. The minimum absolute atomic E-state index is 0.000790. The minimum atomic E-state index is 0.000790. The van der Waals surface area contributed by atoms with E-state index in [1.54, 1.807) is 0 Å². The molecule has 0 saturated carbocycles. The summed E-state index contributed by atoms with van der Waals surface area (Å²) in [4.78, 5) is 2.24. The van der Waals surface area contributed by atoms with Crippen molar-refractivity contribution in [3.63, 3.8) is 0 Å². The van der Waals surface area contributed by atoms with E-state index in [-0.39, 0.29) is 6.29 Å². The number of nitrogens with zero attached hydrogens (tertiary/aromatic N) is 1. The molecule has 1 unspecified atom stereocenters. The summed E-state index contributed by atoms with van der Waals surface area (Å²) in [6, 6.07) is 0. The summed E-state index contributed by atoms with van der Waals surface area (Å²) in [6.45, 7) is 11.6. The SMILES string of the molecule is C=CCN(CC=C)C/C=C\COC1CCCCO1. The highest BCUT2D eigenvalue weighted by atomic mass is 16.7. The van der Waals surface area contributed by atoms with Crippen molar-refractivity contribution in [2.45, 2.75) is 25.6 Å². The molecule has 18 heavy (non-hydrogen) atoms. The van der Waals surface area contributed by atoms with Crippen LogP contribution < -0.4 is 0 Å². The standard InChI is InChI=1S/C15H25NO2/c1-3-10-16(11-4-2)12-6-8-14-18-15-9-5-7-13-17-15/h3-4,6,8,15H,1-2,5,7,9-14H2/b8-6-. The lowest BCUT2D eigenvalue weighted by atomic mass is 10.2. The van der Waals surface area contributed by atoms with Crippen molar-refractivity contribution < 1.29 is 9.47 Å². The summed E-state index contributed by atoms with van der Waals surface area (Å²) in [7, 11) is 0. The Labute approximate surface area is 111 Å². The first kappa shape index (κ1) is 15.2. The zero-order valence-corrected chi connectivity index (χ0v) is 11.2. The van der Waals surface area contributed by atoms with Crippen LogP contribution in [0.25, 0.3) is 0 Å². The van der Waals surface area contributed by atoms with E-state index in [4.69, 9.17) is 9.47 Å². The Bertz CT molecular complexity index is 247. The third-order valence-electron chi connectivity index (χ3n) is 2.82. The Morgan fingerprint density at radius 1 is 1.11 bits per heavy atom. The first-order valence-electron chi connectivity index (χ1n) is 6.69. The van der Waals surface area contributed by atoms with E-state index in [0.29, 0.717) is 6.61 Å². The van der Waals surface area contributed by atoms with Crippen LogP contribution >= 0.6 is 0 Å². The van der Waals surface area contributed by atoms with Gasteiger partial charge in [0.05, 0.1) is 6.61 Å². The summed E-state index contributed by atoms with van der Waals surface area (Å²) in [6.07, 6.45) is 11.4. The number of hydrogen-bond donors (Lipinski definition) is 0. The maximum Gasteiger partial charge on any atom is 0.157 e. The lowest BCUT2D eigenvalue weighted by Crippen LogP contribution is -2.24. The van der Waals surface area contributed by atoms with Crippen LogP contribution in [0, 0.1) is 0 Å². The van der Waals surface area contributed by atoms with Crippen LogP contribution in [-0.4, -0.2) is 44.0 Å². The Kier molecular flexibility index (Phi) is 8.47. The topological polar surface area (TPSA) is 21.7 Å². The molecule has 1 rings (SSSR count). The molecule has 1 heterocycles. The molecule has 1 aliphatic heterocycles. The first-order chi connectivity index (χ1) is 8.86. The van der Waals surface area contributed by atoms with Gasteiger partial charge in [0.15, 0.2) is 6.29 Å². The van der Waals surface area contributed by atoms with E-state index in [1.807, 2.05) is 12.2 Å². The van der Waals surface area contributed by atoms with Crippen molar-refractivity contribution in [3.05, 3.63) is 37.5 Å². The van der Waals surface area contributed by atoms with Gasteiger partial charge >= 0.3 is 0 Å². The average Bonchev–Trinajstić information content (AvgIpc) is 2.40. The van der Waals surface area contributed by atoms with Crippen LogP contribution in [0.3, 0.4) is 0 Å². The zero-order valence-electron chi connectivity index (χ0n) is 11.2. The fourth-order valence-corrected chi connectivity index (χ4v) is 1.89. The lowest BCUT2D eigenvalue weighted by Gasteiger charge is -2.22. The molecular weight excluding hydrogens is 226 g/mol. The van der Waals surface area contributed by atoms with Gasteiger partial charge in [-0.15, -0.1) is 13.2 Å². The highest BCUT2D eigenvalue weighted by Crippen LogP contribution is 2.13. The van der Waals surface area contributed by atoms with Crippen LogP contribution in [0.2, 0.25) is 0 Å². The van der Waals surface area contributed by atoms with Crippen LogP contribution in [0.1, 0.15) is 19.3 Å².